The van der Waals surface area contributed by atoms with Gasteiger partial charge in [-0.05, 0) is 0 Å². The Morgan fingerprint density at radius 2 is 1.75 bits per heavy atom. The third kappa shape index (κ3) is 4.48. The Balaban J connectivity index is 3.84. The zero-order valence-electron chi connectivity index (χ0n) is 8.32. The monoisotopic (exact) mass is 389 g/mol. The molecule has 0 aliphatic carbocycles. The molecule has 0 saturated heterocycles. The number of hydrogen-bond acceptors (Lipinski definition) is 1. The summed E-state index contributed by atoms with van der Waals surface area (Å²) in [6, 6.07) is 0. The minimum atomic E-state index is -0.742. The molecule has 0 fully saturated rings. The van der Waals surface area contributed by atoms with Gasteiger partial charge in [-0.15, -0.1) is 0 Å². The summed E-state index contributed by atoms with van der Waals surface area (Å²) in [5.41, 5.74) is 0. The van der Waals surface area contributed by atoms with E-state index in [4.69, 9.17) is 0 Å². The summed E-state index contributed by atoms with van der Waals surface area (Å²) in [6.45, 7) is 10.9. The second kappa shape index (κ2) is 7.64. The fraction of sp³-hybridized carbons (Fsp3) is 0.778. The zero-order valence-corrected chi connectivity index (χ0v) is 12.3. The van der Waals surface area contributed by atoms with Gasteiger partial charge in [-0.3, -0.25) is 0 Å². The molecular weight excluding hydrogens is 368 g/mol. The normalized spacial score (nSPS) is 13.2. The second-order valence-electron chi connectivity index (χ2n) is 2.73. The third-order valence-electron chi connectivity index (χ3n) is 2.16. The first kappa shape index (κ1) is 13.3. The van der Waals surface area contributed by atoms with Crippen molar-refractivity contribution in [2.24, 2.45) is 0 Å². The van der Waals surface area contributed by atoms with Crippen molar-refractivity contribution in [1.29, 1.82) is 0 Å². The second-order valence-corrected chi connectivity index (χ2v) is 20.7. The average molecular weight is 389 g/mol. The van der Waals surface area contributed by atoms with E-state index in [0.717, 1.165) is 0 Å². The summed E-state index contributed by atoms with van der Waals surface area (Å²) in [4.78, 5) is 0. The average Bonchev–Trinajstić information content (AvgIpc) is 2.14. The van der Waals surface area contributed by atoms with Gasteiger partial charge in [0.05, 0.1) is 0 Å². The first-order valence-electron chi connectivity index (χ1n) is 4.56. The Morgan fingerprint density at radius 3 is 2.08 bits per heavy atom. The van der Waals surface area contributed by atoms with Crippen LogP contribution in [0.5, 0.6) is 0 Å². The van der Waals surface area contributed by atoms with E-state index < -0.39 is 5.15 Å². The van der Waals surface area contributed by atoms with Crippen LogP contribution in [0.4, 0.5) is 0 Å². The molecule has 0 saturated carbocycles. The predicted octanol–water partition coefficient (Wildman–Crippen LogP) is 3.63. The van der Waals surface area contributed by atoms with Crippen molar-refractivity contribution in [3.63, 3.8) is 0 Å². The number of hydrogen-bond donors (Lipinski definition) is 0. The van der Waals surface area contributed by atoms with E-state index in [-0.39, 0.29) is 0 Å². The van der Waals surface area contributed by atoms with Crippen molar-refractivity contribution in [2.75, 3.05) is 24.2 Å². The van der Waals surface area contributed by atoms with E-state index in [1.54, 1.807) is 0 Å². The quantitative estimate of drug-likeness (QED) is 0.277. The molecule has 0 nitrogen and oxygen atoms in total. The topological polar surface area (TPSA) is 0 Å². The van der Waals surface area contributed by atoms with Gasteiger partial charge in [0.2, 0.25) is 0 Å². The van der Waals surface area contributed by atoms with Gasteiger partial charge < -0.3 is 0 Å². The standard InChI is InChI=1S/C6H15P.C3H6S.Au/c1-4-7(5-2)6-3;1-2-3-4;/h4-6H2,1-3H3;2,4H,1,3H2;. The first-order chi connectivity index (χ1) is 5.74. The van der Waals surface area contributed by atoms with Crippen LogP contribution >= 0.6 is 14.4 Å². The Labute approximate surface area is 89.6 Å². The molecule has 0 bridgehead atoms. The summed E-state index contributed by atoms with van der Waals surface area (Å²) in [5, 5.41) is -0.742. The van der Waals surface area contributed by atoms with Crippen molar-refractivity contribution in [1.82, 2.24) is 0 Å². The van der Waals surface area contributed by atoms with Gasteiger partial charge in [-0.2, -0.15) is 0 Å². The van der Waals surface area contributed by atoms with Crippen LogP contribution in [0.2, 0.25) is 0 Å². The molecule has 0 rings (SSSR count). The molecule has 0 aromatic carbocycles. The van der Waals surface area contributed by atoms with E-state index in [9.17, 15) is 0 Å². The molecule has 3 heteroatoms. The maximum atomic E-state index is 3.77. The zero-order chi connectivity index (χ0) is 9.45. The SMILES string of the molecule is C=CC[S][Au][PH](CC)(CC)CC. The third-order valence-corrected chi connectivity index (χ3v) is 26.8. The van der Waals surface area contributed by atoms with E-state index in [2.05, 4.69) is 36.6 Å². The van der Waals surface area contributed by atoms with Gasteiger partial charge in [0.15, 0.2) is 0 Å². The molecule has 0 aliphatic rings. The van der Waals surface area contributed by atoms with Crippen molar-refractivity contribution in [3.05, 3.63) is 12.7 Å². The van der Waals surface area contributed by atoms with Crippen LogP contribution in [0.25, 0.3) is 0 Å². The van der Waals surface area contributed by atoms with E-state index in [0.29, 0.717) is 17.9 Å². The van der Waals surface area contributed by atoms with Crippen LogP contribution in [-0.2, 0) is 17.9 Å². The van der Waals surface area contributed by atoms with Crippen molar-refractivity contribution < 1.29 is 17.9 Å². The molecule has 0 unspecified atom stereocenters. The van der Waals surface area contributed by atoms with Gasteiger partial charge in [-0.1, -0.05) is 0 Å². The number of rotatable bonds is 7. The molecule has 0 aliphatic heterocycles. The first-order valence-corrected chi connectivity index (χ1v) is 13.7. The van der Waals surface area contributed by atoms with E-state index in [1.807, 2.05) is 6.08 Å². The molecule has 79 valence electrons. The summed E-state index contributed by atoms with van der Waals surface area (Å²) in [6.07, 6.45) is 6.52. The van der Waals surface area contributed by atoms with Crippen LogP contribution in [0.1, 0.15) is 20.8 Å². The van der Waals surface area contributed by atoms with Crippen LogP contribution in [-0.4, -0.2) is 24.2 Å². The molecular formula is C9H21AuPS. The van der Waals surface area contributed by atoms with Gasteiger partial charge in [0.1, 0.15) is 0 Å². The molecule has 12 heavy (non-hydrogen) atoms. The molecule has 0 amide bonds. The fourth-order valence-corrected chi connectivity index (χ4v) is 21.4. The van der Waals surface area contributed by atoms with E-state index in [1.165, 1.54) is 24.2 Å². The summed E-state index contributed by atoms with van der Waals surface area (Å²) in [7, 11) is 2.17. The Hall–Kier alpha value is 1.26. The Morgan fingerprint density at radius 1 is 1.25 bits per heavy atom. The van der Waals surface area contributed by atoms with Crippen molar-refractivity contribution in [3.8, 4) is 0 Å². The molecule has 0 aromatic rings. The molecule has 0 atom stereocenters. The van der Waals surface area contributed by atoms with Gasteiger partial charge in [0.25, 0.3) is 0 Å². The van der Waals surface area contributed by atoms with Crippen molar-refractivity contribution in [2.45, 2.75) is 20.8 Å². The van der Waals surface area contributed by atoms with Crippen LogP contribution < -0.4 is 0 Å². The van der Waals surface area contributed by atoms with Crippen LogP contribution in [0, 0.1) is 0 Å². The van der Waals surface area contributed by atoms with Crippen LogP contribution in [0.3, 0.4) is 0 Å². The molecule has 0 N–H and O–H groups in total. The minimum absolute atomic E-state index is 0.564. The van der Waals surface area contributed by atoms with Crippen LogP contribution in [0.15, 0.2) is 12.7 Å². The molecule has 0 aromatic heterocycles. The van der Waals surface area contributed by atoms with E-state index >= 15 is 0 Å². The molecule has 0 heterocycles. The fourth-order valence-electron chi connectivity index (χ4n) is 1.03. The van der Waals surface area contributed by atoms with Gasteiger partial charge >= 0.3 is 89.9 Å². The van der Waals surface area contributed by atoms with Gasteiger partial charge in [0, 0.05) is 0 Å². The molecule has 0 radical (unpaired) electrons. The summed E-state index contributed by atoms with van der Waals surface area (Å²) >= 11 is 0.564. The predicted molar refractivity (Wildman–Crippen MR) is 62.6 cm³/mol. The molecule has 0 spiro atoms. The van der Waals surface area contributed by atoms with Gasteiger partial charge in [-0.25, -0.2) is 0 Å². The van der Waals surface area contributed by atoms with Crippen molar-refractivity contribution >= 4 is 14.4 Å². The summed E-state index contributed by atoms with van der Waals surface area (Å²) < 4.78 is 0. The Bertz CT molecular complexity index is 115. The Kier molecular flexibility index (Phi) is 8.45. The summed E-state index contributed by atoms with van der Waals surface area (Å²) in [5.74, 6) is 1.18. The maximum absolute atomic E-state index is 3.77.